The SMILES string of the molecule is CN1CCN(CCCNC(=O)c2cccc(Oc3cc4c(cn3)nc(-c3nonc3N)n4-c3ccc(F)cc3)c2)CC1. The molecule has 0 aliphatic carbocycles. The first kappa shape index (κ1) is 27.3. The zero-order valence-corrected chi connectivity index (χ0v) is 23.0. The maximum absolute atomic E-state index is 13.7. The minimum Gasteiger partial charge on any atom is -0.439 e. The summed E-state index contributed by atoms with van der Waals surface area (Å²) in [7, 11) is 2.14. The van der Waals surface area contributed by atoms with E-state index < -0.39 is 0 Å². The number of ether oxygens (including phenoxy) is 1. The molecule has 0 unspecified atom stereocenters. The zero-order chi connectivity index (χ0) is 29.1. The van der Waals surface area contributed by atoms with Crippen molar-refractivity contribution in [3.8, 4) is 28.8 Å². The van der Waals surface area contributed by atoms with Crippen LogP contribution in [0.3, 0.4) is 0 Å². The van der Waals surface area contributed by atoms with Gasteiger partial charge in [0.05, 0.1) is 11.7 Å². The molecule has 0 atom stereocenters. The van der Waals surface area contributed by atoms with E-state index in [0.29, 0.717) is 40.4 Å². The van der Waals surface area contributed by atoms with E-state index in [-0.39, 0.29) is 29.1 Å². The fourth-order valence-electron chi connectivity index (χ4n) is 4.88. The molecular formula is C29H30FN9O3. The molecule has 1 aliphatic heterocycles. The minimum atomic E-state index is -0.378. The summed E-state index contributed by atoms with van der Waals surface area (Å²) >= 11 is 0. The standard InChI is InChI=1S/C29H30FN9O3/c1-37-12-14-38(15-13-37)11-3-10-32-29(40)19-4-2-5-22(16-19)41-25-17-24-23(18-33-25)34-28(26-27(31)36-42-35-26)39(24)21-8-6-20(30)7-9-21/h2,4-9,16-18H,3,10-15H2,1H3,(H2,31,36)(H,32,40). The maximum Gasteiger partial charge on any atom is 0.251 e. The number of halogens is 1. The number of carbonyl (C=O) groups is 1. The van der Waals surface area contributed by atoms with Crippen molar-refractivity contribution >= 4 is 22.8 Å². The summed E-state index contributed by atoms with van der Waals surface area (Å²) in [6.45, 7) is 5.81. The molecule has 0 spiro atoms. The topological polar surface area (TPSA) is 140 Å². The largest absolute Gasteiger partial charge is 0.439 e. The van der Waals surface area contributed by atoms with E-state index in [2.05, 4.69) is 42.4 Å². The number of pyridine rings is 1. The number of amides is 1. The van der Waals surface area contributed by atoms with Gasteiger partial charge in [0.25, 0.3) is 5.91 Å². The lowest BCUT2D eigenvalue weighted by Gasteiger charge is -2.32. The lowest BCUT2D eigenvalue weighted by Crippen LogP contribution is -2.45. The zero-order valence-electron chi connectivity index (χ0n) is 23.0. The number of aromatic nitrogens is 5. The average molecular weight is 572 g/mol. The Kier molecular flexibility index (Phi) is 7.75. The van der Waals surface area contributed by atoms with Gasteiger partial charge in [-0.2, -0.15) is 0 Å². The second-order valence-corrected chi connectivity index (χ2v) is 10.1. The highest BCUT2D eigenvalue weighted by atomic mass is 19.1. The van der Waals surface area contributed by atoms with Crippen molar-refractivity contribution in [1.82, 2.24) is 40.0 Å². The van der Waals surface area contributed by atoms with Crippen LogP contribution in [0.25, 0.3) is 28.2 Å². The van der Waals surface area contributed by atoms with Crippen LogP contribution in [0.4, 0.5) is 10.2 Å². The molecule has 1 fully saturated rings. The van der Waals surface area contributed by atoms with E-state index >= 15 is 0 Å². The molecule has 3 N–H and O–H groups in total. The first-order chi connectivity index (χ1) is 20.4. The number of nitrogens with zero attached hydrogens (tertiary/aromatic N) is 7. The Morgan fingerprint density at radius 3 is 2.67 bits per heavy atom. The van der Waals surface area contributed by atoms with E-state index in [1.54, 1.807) is 53.2 Å². The van der Waals surface area contributed by atoms with E-state index in [0.717, 1.165) is 39.1 Å². The van der Waals surface area contributed by atoms with E-state index in [1.807, 2.05) is 0 Å². The third kappa shape index (κ3) is 5.92. The molecule has 6 rings (SSSR count). The molecule has 0 bridgehead atoms. The van der Waals surface area contributed by atoms with Crippen LogP contribution in [0.2, 0.25) is 0 Å². The van der Waals surface area contributed by atoms with Gasteiger partial charge in [0.2, 0.25) is 5.88 Å². The summed E-state index contributed by atoms with van der Waals surface area (Å²) in [4.78, 5) is 26.6. The third-order valence-electron chi connectivity index (χ3n) is 7.18. The number of hydrogen-bond donors (Lipinski definition) is 2. The van der Waals surface area contributed by atoms with Crippen molar-refractivity contribution in [2.24, 2.45) is 0 Å². The Hall–Kier alpha value is -4.88. The fraction of sp³-hybridized carbons (Fsp3) is 0.276. The van der Waals surface area contributed by atoms with Crippen molar-refractivity contribution in [1.29, 1.82) is 0 Å². The number of carbonyl (C=O) groups excluding carboxylic acids is 1. The summed E-state index contributed by atoms with van der Waals surface area (Å²) in [6, 6.07) is 14.5. The Labute approximate surface area is 240 Å². The van der Waals surface area contributed by atoms with Gasteiger partial charge in [0.1, 0.15) is 17.1 Å². The Balaban J connectivity index is 1.19. The molecule has 216 valence electrons. The first-order valence-corrected chi connectivity index (χ1v) is 13.6. The number of nitrogens with two attached hydrogens (primary N) is 1. The summed E-state index contributed by atoms with van der Waals surface area (Å²) in [5.74, 6) is 0.587. The van der Waals surface area contributed by atoms with E-state index in [4.69, 9.17) is 15.1 Å². The quantitative estimate of drug-likeness (QED) is 0.253. The number of rotatable bonds is 9. The normalized spacial score (nSPS) is 14.3. The highest BCUT2D eigenvalue weighted by Gasteiger charge is 2.21. The van der Waals surface area contributed by atoms with Crippen LogP contribution in [-0.2, 0) is 0 Å². The second-order valence-electron chi connectivity index (χ2n) is 10.1. The highest BCUT2D eigenvalue weighted by molar-refractivity contribution is 5.94. The van der Waals surface area contributed by atoms with Crippen LogP contribution in [-0.4, -0.2) is 86.9 Å². The monoisotopic (exact) mass is 571 g/mol. The summed E-state index contributed by atoms with van der Waals surface area (Å²) in [5.41, 5.74) is 8.42. The van der Waals surface area contributed by atoms with Crippen LogP contribution >= 0.6 is 0 Å². The maximum atomic E-state index is 13.7. The third-order valence-corrected chi connectivity index (χ3v) is 7.18. The second kappa shape index (κ2) is 11.9. The number of anilines is 1. The Morgan fingerprint density at radius 1 is 1.10 bits per heavy atom. The summed E-state index contributed by atoms with van der Waals surface area (Å²) in [6.07, 6.45) is 2.43. The molecule has 2 aromatic carbocycles. The van der Waals surface area contributed by atoms with Crippen LogP contribution in [0.15, 0.2) is 65.4 Å². The molecule has 42 heavy (non-hydrogen) atoms. The van der Waals surface area contributed by atoms with Crippen molar-refractivity contribution < 1.29 is 18.6 Å². The Bertz CT molecular complexity index is 1690. The van der Waals surface area contributed by atoms with Gasteiger partial charge < -0.3 is 25.6 Å². The first-order valence-electron chi connectivity index (χ1n) is 13.6. The van der Waals surface area contributed by atoms with Gasteiger partial charge in [-0.05, 0) is 72.8 Å². The molecule has 0 saturated carbocycles. The van der Waals surface area contributed by atoms with Gasteiger partial charge in [-0.3, -0.25) is 9.36 Å². The molecule has 12 nitrogen and oxygen atoms in total. The summed E-state index contributed by atoms with van der Waals surface area (Å²) < 4.78 is 26.3. The molecule has 4 heterocycles. The van der Waals surface area contributed by atoms with Gasteiger partial charge in [0, 0.05) is 50.0 Å². The molecule has 0 radical (unpaired) electrons. The van der Waals surface area contributed by atoms with Crippen LogP contribution in [0.1, 0.15) is 16.8 Å². The molecule has 1 saturated heterocycles. The molecule has 1 aliphatic rings. The molecule has 5 aromatic rings. The predicted octanol–water partition coefficient (Wildman–Crippen LogP) is 3.35. The smallest absolute Gasteiger partial charge is 0.251 e. The van der Waals surface area contributed by atoms with Crippen molar-refractivity contribution in [3.63, 3.8) is 0 Å². The number of likely N-dealkylation sites (N-methyl/N-ethyl adjacent to an activating group) is 1. The predicted molar refractivity (Wildman–Crippen MR) is 154 cm³/mol. The number of nitrogens with one attached hydrogen (secondary N) is 1. The average Bonchev–Trinajstić information content (AvgIpc) is 3.59. The molecule has 3 aromatic heterocycles. The van der Waals surface area contributed by atoms with Crippen LogP contribution < -0.4 is 15.8 Å². The number of fused-ring (bicyclic) bond motifs is 1. The number of nitrogen functional groups attached to an aromatic ring is 1. The lowest BCUT2D eigenvalue weighted by atomic mass is 10.2. The van der Waals surface area contributed by atoms with Crippen molar-refractivity contribution in [2.45, 2.75) is 6.42 Å². The molecule has 1 amide bonds. The van der Waals surface area contributed by atoms with Crippen molar-refractivity contribution in [3.05, 3.63) is 72.2 Å². The molecular weight excluding hydrogens is 541 g/mol. The van der Waals surface area contributed by atoms with Gasteiger partial charge >= 0.3 is 0 Å². The molecule has 13 heteroatoms. The number of benzene rings is 2. The van der Waals surface area contributed by atoms with Crippen LogP contribution in [0, 0.1) is 5.82 Å². The lowest BCUT2D eigenvalue weighted by molar-refractivity contribution is 0.0949. The number of imidazole rings is 1. The Morgan fingerprint density at radius 2 is 1.90 bits per heavy atom. The van der Waals surface area contributed by atoms with Gasteiger partial charge in [-0.15, -0.1) is 0 Å². The number of piperazine rings is 1. The highest BCUT2D eigenvalue weighted by Crippen LogP contribution is 2.32. The number of hydrogen-bond acceptors (Lipinski definition) is 10. The summed E-state index contributed by atoms with van der Waals surface area (Å²) in [5, 5.41) is 10.5. The van der Waals surface area contributed by atoms with Crippen LogP contribution in [0.5, 0.6) is 11.6 Å². The van der Waals surface area contributed by atoms with Crippen molar-refractivity contribution in [2.75, 3.05) is 52.0 Å². The van der Waals surface area contributed by atoms with Gasteiger partial charge in [0.15, 0.2) is 17.3 Å². The fourth-order valence-corrected chi connectivity index (χ4v) is 4.88. The van der Waals surface area contributed by atoms with Gasteiger partial charge in [-0.25, -0.2) is 19.0 Å². The van der Waals surface area contributed by atoms with E-state index in [1.165, 1.54) is 12.1 Å². The minimum absolute atomic E-state index is 0.0625. The van der Waals surface area contributed by atoms with Gasteiger partial charge in [-0.1, -0.05) is 6.07 Å². The van der Waals surface area contributed by atoms with E-state index in [9.17, 15) is 9.18 Å².